The van der Waals surface area contributed by atoms with Gasteiger partial charge in [0.25, 0.3) is 10.0 Å². The van der Waals surface area contributed by atoms with Crippen molar-refractivity contribution in [1.29, 1.82) is 0 Å². The van der Waals surface area contributed by atoms with Gasteiger partial charge in [0, 0.05) is 22.0 Å². The van der Waals surface area contributed by atoms with E-state index in [1.807, 2.05) is 0 Å². The molecule has 0 spiro atoms. The highest BCUT2D eigenvalue weighted by Crippen LogP contribution is 2.26. The summed E-state index contributed by atoms with van der Waals surface area (Å²) in [5.74, 6) is 0. The van der Waals surface area contributed by atoms with Gasteiger partial charge in [-0.05, 0) is 36.8 Å². The van der Waals surface area contributed by atoms with E-state index in [-0.39, 0.29) is 9.92 Å². The van der Waals surface area contributed by atoms with E-state index in [4.69, 9.17) is 11.6 Å². The summed E-state index contributed by atoms with van der Waals surface area (Å²) in [5, 5.41) is 0.195. The predicted molar refractivity (Wildman–Crippen MR) is 85.8 cm³/mol. The molecule has 0 aliphatic rings. The highest BCUT2D eigenvalue weighted by Gasteiger charge is 2.19. The smallest absolute Gasteiger partial charge is 0.263 e. The second kappa shape index (κ2) is 6.17. The van der Waals surface area contributed by atoms with Crippen molar-refractivity contribution in [2.45, 2.75) is 16.7 Å². The third-order valence-corrected chi connectivity index (χ3v) is 5.82. The van der Waals surface area contributed by atoms with Crippen molar-refractivity contribution < 1.29 is 12.6 Å². The van der Waals surface area contributed by atoms with E-state index in [1.165, 1.54) is 18.4 Å². The molecule has 0 aliphatic heterocycles. The van der Waals surface area contributed by atoms with Gasteiger partial charge in [-0.15, -0.1) is 0 Å². The number of nitrogens with one attached hydrogen (secondary N) is 1. The first-order chi connectivity index (χ1) is 9.81. The van der Waals surface area contributed by atoms with Crippen LogP contribution in [0.25, 0.3) is 0 Å². The average molecular weight is 344 g/mol. The summed E-state index contributed by atoms with van der Waals surface area (Å²) < 4.78 is 38.7. The van der Waals surface area contributed by atoms with Gasteiger partial charge in [0.15, 0.2) is 0 Å². The molecule has 2 aromatic rings. The fraction of sp³-hybridized carbons (Fsp3) is 0.143. The molecule has 2 aromatic carbocycles. The monoisotopic (exact) mass is 343 g/mol. The Labute approximate surface area is 131 Å². The largest absolute Gasteiger partial charge is 0.280 e. The van der Waals surface area contributed by atoms with E-state index in [2.05, 4.69) is 4.72 Å². The molecule has 0 unspecified atom stereocenters. The summed E-state index contributed by atoms with van der Waals surface area (Å²) >= 11 is 6.06. The standard InChI is InChI=1S/C14H14ClNO3S2/c1-10-5-3-8-13(14(10)15)21(18,19)16-11-6-4-7-12(9-11)20(2)17/h3-9,16H,1-2H3/t20-/m1/s1. The van der Waals surface area contributed by atoms with Gasteiger partial charge in [0.1, 0.15) is 4.90 Å². The zero-order valence-electron chi connectivity index (χ0n) is 11.5. The van der Waals surface area contributed by atoms with Crippen LogP contribution in [-0.2, 0) is 20.8 Å². The van der Waals surface area contributed by atoms with Gasteiger partial charge in [0.2, 0.25) is 0 Å². The topological polar surface area (TPSA) is 63.2 Å². The lowest BCUT2D eigenvalue weighted by Crippen LogP contribution is -2.14. The lowest BCUT2D eigenvalue weighted by atomic mass is 10.2. The van der Waals surface area contributed by atoms with Gasteiger partial charge in [-0.25, -0.2) is 8.42 Å². The maximum atomic E-state index is 12.4. The molecule has 0 aliphatic carbocycles. The summed E-state index contributed by atoms with van der Waals surface area (Å²) in [6, 6.07) is 11.3. The molecule has 0 fully saturated rings. The molecule has 1 atom stereocenters. The van der Waals surface area contributed by atoms with Gasteiger partial charge >= 0.3 is 0 Å². The van der Waals surface area contributed by atoms with E-state index in [9.17, 15) is 12.6 Å². The Bertz CT molecular complexity index is 804. The number of hydrogen-bond acceptors (Lipinski definition) is 3. The second-order valence-electron chi connectivity index (χ2n) is 4.47. The second-order valence-corrected chi connectivity index (χ2v) is 7.88. The molecular weight excluding hydrogens is 330 g/mol. The summed E-state index contributed by atoms with van der Waals surface area (Å²) in [4.78, 5) is 0.567. The molecule has 7 heteroatoms. The van der Waals surface area contributed by atoms with E-state index < -0.39 is 20.8 Å². The molecule has 0 heterocycles. The van der Waals surface area contributed by atoms with Crippen LogP contribution in [0.4, 0.5) is 5.69 Å². The van der Waals surface area contributed by atoms with Crippen molar-refractivity contribution in [2.24, 2.45) is 0 Å². The van der Waals surface area contributed by atoms with Crippen molar-refractivity contribution >= 4 is 38.1 Å². The van der Waals surface area contributed by atoms with Crippen molar-refractivity contribution in [2.75, 3.05) is 11.0 Å². The van der Waals surface area contributed by atoms with Crippen molar-refractivity contribution in [3.05, 3.63) is 53.1 Å². The van der Waals surface area contributed by atoms with Gasteiger partial charge in [-0.2, -0.15) is 0 Å². The van der Waals surface area contributed by atoms with E-state index in [0.29, 0.717) is 16.1 Å². The van der Waals surface area contributed by atoms with Crippen molar-refractivity contribution in [3.63, 3.8) is 0 Å². The lowest BCUT2D eigenvalue weighted by Gasteiger charge is -2.11. The Balaban J connectivity index is 2.40. The summed E-state index contributed by atoms with van der Waals surface area (Å²) in [7, 11) is -4.97. The third kappa shape index (κ3) is 3.64. The van der Waals surface area contributed by atoms with E-state index in [1.54, 1.807) is 37.3 Å². The van der Waals surface area contributed by atoms with Crippen LogP contribution in [0.3, 0.4) is 0 Å². The number of anilines is 1. The maximum absolute atomic E-state index is 12.4. The van der Waals surface area contributed by atoms with Gasteiger partial charge < -0.3 is 0 Å². The van der Waals surface area contributed by atoms with Crippen molar-refractivity contribution in [1.82, 2.24) is 0 Å². The van der Waals surface area contributed by atoms with E-state index in [0.717, 1.165) is 0 Å². The van der Waals surface area contributed by atoms with Gasteiger partial charge in [0.05, 0.1) is 10.7 Å². The Kier molecular flexibility index (Phi) is 4.70. The molecule has 0 saturated heterocycles. The van der Waals surface area contributed by atoms with Gasteiger partial charge in [-0.3, -0.25) is 8.93 Å². The van der Waals surface area contributed by atoms with Crippen LogP contribution < -0.4 is 4.72 Å². The third-order valence-electron chi connectivity index (χ3n) is 2.86. The number of rotatable bonds is 4. The minimum atomic E-state index is -3.79. The molecule has 1 N–H and O–H groups in total. The number of halogens is 1. The Morgan fingerprint density at radius 2 is 1.81 bits per heavy atom. The Hall–Kier alpha value is -1.37. The number of aryl methyl sites for hydroxylation is 1. The number of sulfonamides is 1. The van der Waals surface area contributed by atoms with Crippen LogP contribution >= 0.6 is 11.6 Å². The summed E-state index contributed by atoms with van der Waals surface area (Å²) in [6.07, 6.45) is 1.53. The molecule has 0 aromatic heterocycles. The predicted octanol–water partition coefficient (Wildman–Crippen LogP) is 3.19. The summed E-state index contributed by atoms with van der Waals surface area (Å²) in [5.41, 5.74) is 1.03. The highest BCUT2D eigenvalue weighted by molar-refractivity contribution is 7.92. The van der Waals surface area contributed by atoms with Crippen LogP contribution in [0, 0.1) is 6.92 Å². The maximum Gasteiger partial charge on any atom is 0.263 e. The first kappa shape index (κ1) is 16.0. The molecule has 2 rings (SSSR count). The molecule has 0 bridgehead atoms. The van der Waals surface area contributed by atoms with Crippen LogP contribution in [0.5, 0.6) is 0 Å². The molecule has 21 heavy (non-hydrogen) atoms. The molecule has 0 saturated carbocycles. The minimum absolute atomic E-state index is 0.0205. The highest BCUT2D eigenvalue weighted by atomic mass is 35.5. The van der Waals surface area contributed by atoms with Crippen LogP contribution in [0.15, 0.2) is 52.3 Å². The average Bonchev–Trinajstić information content (AvgIpc) is 2.41. The zero-order valence-corrected chi connectivity index (χ0v) is 13.8. The zero-order chi connectivity index (χ0) is 15.6. The molecule has 4 nitrogen and oxygen atoms in total. The number of benzene rings is 2. The Morgan fingerprint density at radius 1 is 1.14 bits per heavy atom. The van der Waals surface area contributed by atoms with E-state index >= 15 is 0 Å². The minimum Gasteiger partial charge on any atom is -0.280 e. The SMILES string of the molecule is Cc1cccc(S(=O)(=O)Nc2cccc([S@@](C)=O)c2)c1Cl. The first-order valence-corrected chi connectivity index (χ1v) is 9.44. The lowest BCUT2D eigenvalue weighted by molar-refractivity contribution is 0.601. The van der Waals surface area contributed by atoms with Crippen molar-refractivity contribution in [3.8, 4) is 0 Å². The first-order valence-electron chi connectivity index (χ1n) is 6.02. The summed E-state index contributed by atoms with van der Waals surface area (Å²) in [6.45, 7) is 1.74. The fourth-order valence-corrected chi connectivity index (χ4v) is 3.97. The molecule has 0 radical (unpaired) electrons. The Morgan fingerprint density at radius 3 is 2.48 bits per heavy atom. The van der Waals surface area contributed by atoms with Crippen LogP contribution in [0.2, 0.25) is 5.02 Å². The molecule has 112 valence electrons. The van der Waals surface area contributed by atoms with Gasteiger partial charge in [-0.1, -0.05) is 29.8 Å². The normalized spacial score (nSPS) is 12.9. The number of hydrogen-bond donors (Lipinski definition) is 1. The quantitative estimate of drug-likeness (QED) is 0.927. The van der Waals surface area contributed by atoms with Crippen LogP contribution in [0.1, 0.15) is 5.56 Å². The molecular formula is C14H14ClNO3S2. The molecule has 0 amide bonds. The fourth-order valence-electron chi connectivity index (χ4n) is 1.78. The van der Waals surface area contributed by atoms with Crippen LogP contribution in [-0.4, -0.2) is 18.9 Å².